The zero-order valence-corrected chi connectivity index (χ0v) is 11.9. The van der Waals surface area contributed by atoms with Gasteiger partial charge in [0.25, 0.3) is 0 Å². The molecule has 1 atom stereocenters. The second-order valence-corrected chi connectivity index (χ2v) is 7.57. The van der Waals surface area contributed by atoms with Gasteiger partial charge in [-0.3, -0.25) is 0 Å². The summed E-state index contributed by atoms with van der Waals surface area (Å²) >= 11 is 0. The van der Waals surface area contributed by atoms with E-state index >= 15 is 0 Å². The van der Waals surface area contributed by atoms with Crippen LogP contribution in [-0.2, 0) is 0 Å². The highest BCUT2D eigenvalue weighted by Crippen LogP contribution is 2.42. The van der Waals surface area contributed by atoms with Crippen LogP contribution < -0.4 is 0 Å². The minimum absolute atomic E-state index is 0.00322. The van der Waals surface area contributed by atoms with Gasteiger partial charge in [0.15, 0.2) is 0 Å². The molecular formula is C16H30O. The fourth-order valence-electron chi connectivity index (χ4n) is 3.42. The van der Waals surface area contributed by atoms with Crippen LogP contribution in [0.5, 0.6) is 0 Å². The van der Waals surface area contributed by atoms with Gasteiger partial charge >= 0.3 is 0 Å². The first kappa shape index (κ1) is 13.4. The molecule has 100 valence electrons. The van der Waals surface area contributed by atoms with Crippen molar-refractivity contribution in [3.8, 4) is 0 Å². The molecule has 0 aromatic heterocycles. The Hall–Kier alpha value is -0.0400. The van der Waals surface area contributed by atoms with Crippen LogP contribution in [0, 0.1) is 23.2 Å². The van der Waals surface area contributed by atoms with Gasteiger partial charge < -0.3 is 5.11 Å². The third-order valence-electron chi connectivity index (χ3n) is 5.11. The van der Waals surface area contributed by atoms with Crippen molar-refractivity contribution in [1.29, 1.82) is 0 Å². The summed E-state index contributed by atoms with van der Waals surface area (Å²) in [6.45, 7) is 7.09. The summed E-state index contributed by atoms with van der Waals surface area (Å²) in [4.78, 5) is 0. The van der Waals surface area contributed by atoms with E-state index in [0.29, 0.717) is 11.3 Å². The maximum Gasteiger partial charge on any atom is 0.0568 e. The van der Waals surface area contributed by atoms with Crippen LogP contribution in [0.2, 0.25) is 0 Å². The molecule has 2 fully saturated rings. The lowest BCUT2D eigenvalue weighted by molar-refractivity contribution is 0.0460. The Morgan fingerprint density at radius 2 is 1.59 bits per heavy atom. The normalized spacial score (nSPS) is 32.5. The molecule has 1 heteroatoms. The number of aliphatic hydroxyl groups excluding tert-OH is 1. The standard InChI is InChI=1S/C16H30O/c1-16(2,3)14-9-7-13(8-10-14)15(17)11-6-12-4-5-12/h12-15,17H,4-11H2,1-3H3. The highest BCUT2D eigenvalue weighted by Gasteiger charge is 2.32. The maximum atomic E-state index is 10.2. The summed E-state index contributed by atoms with van der Waals surface area (Å²) in [5.74, 6) is 2.44. The summed E-state index contributed by atoms with van der Waals surface area (Å²) in [6, 6.07) is 0. The molecule has 1 unspecified atom stereocenters. The van der Waals surface area contributed by atoms with E-state index in [-0.39, 0.29) is 6.10 Å². The molecule has 2 aliphatic rings. The first-order valence-electron chi connectivity index (χ1n) is 7.65. The van der Waals surface area contributed by atoms with E-state index in [0.717, 1.165) is 18.3 Å². The topological polar surface area (TPSA) is 20.2 Å². The monoisotopic (exact) mass is 238 g/mol. The molecule has 0 amide bonds. The lowest BCUT2D eigenvalue weighted by Gasteiger charge is -2.38. The molecule has 0 aromatic carbocycles. The molecule has 0 radical (unpaired) electrons. The highest BCUT2D eigenvalue weighted by molar-refractivity contribution is 4.84. The fourth-order valence-corrected chi connectivity index (χ4v) is 3.42. The van der Waals surface area contributed by atoms with Crippen molar-refractivity contribution in [2.75, 3.05) is 0 Å². The van der Waals surface area contributed by atoms with Gasteiger partial charge in [0.1, 0.15) is 0 Å². The van der Waals surface area contributed by atoms with E-state index in [1.807, 2.05) is 0 Å². The molecule has 1 nitrogen and oxygen atoms in total. The zero-order chi connectivity index (χ0) is 12.5. The Morgan fingerprint density at radius 3 is 2.06 bits per heavy atom. The van der Waals surface area contributed by atoms with Crippen LogP contribution in [-0.4, -0.2) is 11.2 Å². The van der Waals surface area contributed by atoms with Crippen molar-refractivity contribution < 1.29 is 5.11 Å². The van der Waals surface area contributed by atoms with Gasteiger partial charge in [0, 0.05) is 0 Å². The quantitative estimate of drug-likeness (QED) is 0.770. The molecule has 0 spiro atoms. The predicted molar refractivity (Wildman–Crippen MR) is 72.9 cm³/mol. The van der Waals surface area contributed by atoms with E-state index in [2.05, 4.69) is 20.8 Å². The van der Waals surface area contributed by atoms with E-state index in [9.17, 15) is 5.11 Å². The maximum absolute atomic E-state index is 10.2. The minimum atomic E-state index is -0.00322. The lowest BCUT2D eigenvalue weighted by atomic mass is 9.68. The van der Waals surface area contributed by atoms with Crippen LogP contribution >= 0.6 is 0 Å². The van der Waals surface area contributed by atoms with Gasteiger partial charge in [-0.1, -0.05) is 33.6 Å². The van der Waals surface area contributed by atoms with Crippen LogP contribution in [0.25, 0.3) is 0 Å². The largest absolute Gasteiger partial charge is 0.393 e. The first-order chi connectivity index (χ1) is 7.97. The second-order valence-electron chi connectivity index (χ2n) is 7.57. The molecule has 0 heterocycles. The summed E-state index contributed by atoms with van der Waals surface area (Å²) < 4.78 is 0. The summed E-state index contributed by atoms with van der Waals surface area (Å²) in [6.07, 6.45) is 10.4. The van der Waals surface area contributed by atoms with Crippen molar-refractivity contribution in [1.82, 2.24) is 0 Å². The van der Waals surface area contributed by atoms with Gasteiger partial charge in [-0.05, 0) is 61.7 Å². The molecular weight excluding hydrogens is 208 g/mol. The molecule has 1 N–H and O–H groups in total. The van der Waals surface area contributed by atoms with Gasteiger partial charge in [-0.25, -0.2) is 0 Å². The Balaban J connectivity index is 1.70. The van der Waals surface area contributed by atoms with Gasteiger partial charge in [0.05, 0.1) is 6.10 Å². The van der Waals surface area contributed by atoms with Crippen molar-refractivity contribution >= 4 is 0 Å². The molecule has 2 rings (SSSR count). The smallest absolute Gasteiger partial charge is 0.0568 e. The number of hydrogen-bond donors (Lipinski definition) is 1. The fraction of sp³-hybridized carbons (Fsp3) is 1.00. The average Bonchev–Trinajstić information content (AvgIpc) is 3.09. The number of aliphatic hydroxyl groups is 1. The molecule has 0 aromatic rings. The summed E-state index contributed by atoms with van der Waals surface area (Å²) in [7, 11) is 0. The Labute approximate surface area is 107 Å². The molecule has 0 bridgehead atoms. The SMILES string of the molecule is CC(C)(C)C1CCC(C(O)CCC2CC2)CC1. The van der Waals surface area contributed by atoms with E-state index in [1.54, 1.807) is 0 Å². The summed E-state index contributed by atoms with van der Waals surface area (Å²) in [5.41, 5.74) is 0.462. The van der Waals surface area contributed by atoms with Crippen LogP contribution in [0.1, 0.15) is 72.1 Å². The van der Waals surface area contributed by atoms with Crippen molar-refractivity contribution in [3.63, 3.8) is 0 Å². The van der Waals surface area contributed by atoms with E-state index in [4.69, 9.17) is 0 Å². The van der Waals surface area contributed by atoms with Gasteiger partial charge in [0.2, 0.25) is 0 Å². The Morgan fingerprint density at radius 1 is 1.00 bits per heavy atom. The molecule has 17 heavy (non-hydrogen) atoms. The molecule has 0 aliphatic heterocycles. The van der Waals surface area contributed by atoms with Gasteiger partial charge in [-0.15, -0.1) is 0 Å². The van der Waals surface area contributed by atoms with Crippen LogP contribution in [0.15, 0.2) is 0 Å². The van der Waals surface area contributed by atoms with E-state index in [1.165, 1.54) is 44.9 Å². The minimum Gasteiger partial charge on any atom is -0.393 e. The lowest BCUT2D eigenvalue weighted by Crippen LogP contribution is -2.30. The highest BCUT2D eigenvalue weighted by atomic mass is 16.3. The second kappa shape index (κ2) is 5.30. The van der Waals surface area contributed by atoms with Crippen molar-refractivity contribution in [2.24, 2.45) is 23.2 Å². The first-order valence-corrected chi connectivity index (χ1v) is 7.65. The summed E-state index contributed by atoms with van der Waals surface area (Å²) in [5, 5.41) is 10.2. The number of rotatable bonds is 4. The average molecular weight is 238 g/mol. The molecule has 2 aliphatic carbocycles. The Bertz CT molecular complexity index is 228. The Kier molecular flexibility index (Phi) is 4.18. The van der Waals surface area contributed by atoms with Crippen molar-refractivity contribution in [2.45, 2.75) is 78.2 Å². The van der Waals surface area contributed by atoms with E-state index < -0.39 is 0 Å². The molecule has 0 saturated heterocycles. The third kappa shape index (κ3) is 3.98. The molecule has 2 saturated carbocycles. The van der Waals surface area contributed by atoms with Crippen LogP contribution in [0.4, 0.5) is 0 Å². The van der Waals surface area contributed by atoms with Crippen molar-refractivity contribution in [3.05, 3.63) is 0 Å². The van der Waals surface area contributed by atoms with Gasteiger partial charge in [-0.2, -0.15) is 0 Å². The predicted octanol–water partition coefficient (Wildman–Crippen LogP) is 4.39. The zero-order valence-electron chi connectivity index (χ0n) is 11.9. The number of hydrogen-bond acceptors (Lipinski definition) is 1. The third-order valence-corrected chi connectivity index (χ3v) is 5.11. The van der Waals surface area contributed by atoms with Crippen LogP contribution in [0.3, 0.4) is 0 Å².